The highest BCUT2D eigenvalue weighted by Crippen LogP contribution is 2.38. The number of nitrogens with zero attached hydrogens (tertiary/aromatic N) is 2. The number of likely N-dealkylation sites (tertiary alicyclic amines) is 1. The van der Waals surface area contributed by atoms with Gasteiger partial charge in [0.05, 0.1) is 23.2 Å². The summed E-state index contributed by atoms with van der Waals surface area (Å²) < 4.78 is 8.05. The number of fused-ring (bicyclic) bond motifs is 1. The lowest BCUT2D eigenvalue weighted by atomic mass is 9.79. The van der Waals surface area contributed by atoms with Crippen molar-refractivity contribution in [1.29, 1.82) is 0 Å². The maximum absolute atomic E-state index is 12.6. The molecule has 2 aromatic rings. The van der Waals surface area contributed by atoms with Gasteiger partial charge in [0.15, 0.2) is 0 Å². The molecule has 1 aliphatic carbocycles. The van der Waals surface area contributed by atoms with Crippen molar-refractivity contribution in [1.82, 2.24) is 14.5 Å². The molecule has 2 heterocycles. The van der Waals surface area contributed by atoms with Gasteiger partial charge in [-0.15, -0.1) is 0 Å². The molecule has 0 atom stereocenters. The molecule has 1 aromatic carbocycles. The van der Waals surface area contributed by atoms with Crippen molar-refractivity contribution < 1.29 is 4.74 Å². The van der Waals surface area contributed by atoms with Crippen LogP contribution in [0.5, 0.6) is 0 Å². The maximum atomic E-state index is 12.6. The molecule has 154 valence electrons. The first-order chi connectivity index (χ1) is 13.4. The third kappa shape index (κ3) is 3.79. The minimum Gasteiger partial charge on any atom is -0.376 e. The standard InChI is InChI=1S/C23H35N3O2/c1-16(2)28-19-7-11-23(4,12-8-19)25-13-9-18(10-14-25)26-21-15-17(3)5-6-20(21)24-22(26)27/h5-6,15-16,18-19H,7-14H2,1-4H3,(H,24,27)/t19-,23+. The zero-order valence-corrected chi connectivity index (χ0v) is 17.8. The molecule has 0 unspecified atom stereocenters. The molecule has 2 aliphatic rings. The van der Waals surface area contributed by atoms with Crippen LogP contribution in [0.4, 0.5) is 0 Å². The topological polar surface area (TPSA) is 50.3 Å². The second-order valence-electron chi connectivity index (χ2n) is 9.42. The number of piperidine rings is 1. The molecule has 0 spiro atoms. The summed E-state index contributed by atoms with van der Waals surface area (Å²) in [5.41, 5.74) is 3.53. The van der Waals surface area contributed by atoms with E-state index in [1.165, 1.54) is 18.4 Å². The van der Waals surface area contributed by atoms with E-state index in [0.717, 1.165) is 49.8 Å². The third-order valence-corrected chi connectivity index (χ3v) is 6.94. The smallest absolute Gasteiger partial charge is 0.326 e. The average Bonchev–Trinajstić information content (AvgIpc) is 2.98. The molecule has 1 N–H and O–H groups in total. The fourth-order valence-corrected chi connectivity index (χ4v) is 5.31. The van der Waals surface area contributed by atoms with Crippen LogP contribution in [0.25, 0.3) is 11.0 Å². The molecule has 2 fully saturated rings. The fraction of sp³-hybridized carbons (Fsp3) is 0.696. The van der Waals surface area contributed by atoms with Crippen LogP contribution in [0.15, 0.2) is 23.0 Å². The van der Waals surface area contributed by atoms with Crippen LogP contribution >= 0.6 is 0 Å². The largest absolute Gasteiger partial charge is 0.376 e. The van der Waals surface area contributed by atoms with E-state index in [-0.39, 0.29) is 11.2 Å². The number of rotatable bonds is 4. The monoisotopic (exact) mass is 385 g/mol. The van der Waals surface area contributed by atoms with E-state index in [1.54, 1.807) is 0 Å². The van der Waals surface area contributed by atoms with E-state index in [1.807, 2.05) is 10.6 Å². The number of aromatic amines is 1. The molecule has 1 aromatic heterocycles. The Bertz CT molecular complexity index is 866. The molecule has 1 saturated carbocycles. The molecule has 1 saturated heterocycles. The Hall–Kier alpha value is -1.59. The van der Waals surface area contributed by atoms with Gasteiger partial charge in [-0.3, -0.25) is 9.47 Å². The molecular weight excluding hydrogens is 350 g/mol. The van der Waals surface area contributed by atoms with Crippen LogP contribution in [0.1, 0.15) is 70.9 Å². The van der Waals surface area contributed by atoms with Gasteiger partial charge in [-0.25, -0.2) is 4.79 Å². The van der Waals surface area contributed by atoms with E-state index < -0.39 is 0 Å². The van der Waals surface area contributed by atoms with Gasteiger partial charge >= 0.3 is 5.69 Å². The van der Waals surface area contributed by atoms with Crippen LogP contribution in [0.3, 0.4) is 0 Å². The summed E-state index contributed by atoms with van der Waals surface area (Å²) in [6, 6.07) is 6.52. The molecule has 1 aliphatic heterocycles. The van der Waals surface area contributed by atoms with Gasteiger partial charge in [0.25, 0.3) is 0 Å². The predicted molar refractivity (Wildman–Crippen MR) is 114 cm³/mol. The summed E-state index contributed by atoms with van der Waals surface area (Å²) in [5.74, 6) is 0. The molecule has 0 radical (unpaired) electrons. The number of H-pyrrole nitrogens is 1. The highest BCUT2D eigenvalue weighted by Gasteiger charge is 2.38. The van der Waals surface area contributed by atoms with Crippen LogP contribution in [-0.2, 0) is 4.74 Å². The van der Waals surface area contributed by atoms with E-state index in [4.69, 9.17) is 4.74 Å². The fourth-order valence-electron chi connectivity index (χ4n) is 5.31. The minimum atomic E-state index is 0.0385. The zero-order chi connectivity index (χ0) is 19.9. The van der Waals surface area contributed by atoms with Crippen LogP contribution in [-0.4, -0.2) is 45.3 Å². The summed E-state index contributed by atoms with van der Waals surface area (Å²) in [4.78, 5) is 18.3. The van der Waals surface area contributed by atoms with Crippen molar-refractivity contribution in [3.05, 3.63) is 34.2 Å². The quantitative estimate of drug-likeness (QED) is 0.849. The number of aryl methyl sites for hydroxylation is 1. The normalized spacial score (nSPS) is 27.7. The van der Waals surface area contributed by atoms with Crippen LogP contribution in [0, 0.1) is 6.92 Å². The number of ether oxygens (including phenoxy) is 1. The van der Waals surface area contributed by atoms with Crippen molar-refractivity contribution in [2.24, 2.45) is 0 Å². The molecule has 28 heavy (non-hydrogen) atoms. The highest BCUT2D eigenvalue weighted by molar-refractivity contribution is 5.76. The minimum absolute atomic E-state index is 0.0385. The number of nitrogens with one attached hydrogen (secondary N) is 1. The third-order valence-electron chi connectivity index (χ3n) is 6.94. The summed E-state index contributed by atoms with van der Waals surface area (Å²) in [6.45, 7) is 10.9. The first kappa shape index (κ1) is 19.7. The Morgan fingerprint density at radius 3 is 2.46 bits per heavy atom. The maximum Gasteiger partial charge on any atom is 0.326 e. The van der Waals surface area contributed by atoms with Crippen LogP contribution in [0.2, 0.25) is 0 Å². The van der Waals surface area contributed by atoms with Crippen molar-refractivity contribution in [2.45, 2.75) is 90.0 Å². The Balaban J connectivity index is 1.42. The van der Waals surface area contributed by atoms with Gasteiger partial charge in [-0.05, 0) is 83.9 Å². The van der Waals surface area contributed by atoms with Crippen molar-refractivity contribution >= 4 is 11.0 Å². The predicted octanol–water partition coefficient (Wildman–Crippen LogP) is 4.40. The lowest BCUT2D eigenvalue weighted by molar-refractivity contribution is -0.0520. The van der Waals surface area contributed by atoms with E-state index in [9.17, 15) is 4.79 Å². The second-order valence-corrected chi connectivity index (χ2v) is 9.42. The zero-order valence-electron chi connectivity index (χ0n) is 17.8. The number of imidazole rings is 1. The Morgan fingerprint density at radius 1 is 1.14 bits per heavy atom. The Morgan fingerprint density at radius 2 is 1.82 bits per heavy atom. The average molecular weight is 386 g/mol. The lowest BCUT2D eigenvalue weighted by Gasteiger charge is -2.48. The summed E-state index contributed by atoms with van der Waals surface area (Å²) in [5, 5.41) is 0. The number of benzene rings is 1. The molecule has 4 rings (SSSR count). The van der Waals surface area contributed by atoms with Gasteiger partial charge in [0.2, 0.25) is 0 Å². The molecule has 5 nitrogen and oxygen atoms in total. The lowest BCUT2D eigenvalue weighted by Crippen LogP contribution is -2.53. The van der Waals surface area contributed by atoms with Gasteiger partial charge < -0.3 is 9.72 Å². The SMILES string of the molecule is Cc1ccc2[nH]c(=O)n(C3CCN([C@]4(C)CC[C@H](OC(C)C)CC4)CC3)c2c1. The molecule has 0 amide bonds. The number of aromatic nitrogens is 2. The van der Waals surface area contributed by atoms with Gasteiger partial charge in [-0.2, -0.15) is 0 Å². The van der Waals surface area contributed by atoms with Gasteiger partial charge in [0, 0.05) is 24.7 Å². The van der Waals surface area contributed by atoms with E-state index in [0.29, 0.717) is 18.2 Å². The number of hydrogen-bond acceptors (Lipinski definition) is 3. The van der Waals surface area contributed by atoms with Crippen LogP contribution < -0.4 is 5.69 Å². The van der Waals surface area contributed by atoms with Crippen molar-refractivity contribution in [3.63, 3.8) is 0 Å². The summed E-state index contributed by atoms with van der Waals surface area (Å²) in [7, 11) is 0. The van der Waals surface area contributed by atoms with E-state index in [2.05, 4.69) is 49.7 Å². The first-order valence-electron chi connectivity index (χ1n) is 11.0. The van der Waals surface area contributed by atoms with Gasteiger partial charge in [0.1, 0.15) is 0 Å². The second kappa shape index (κ2) is 7.68. The molecular formula is C23H35N3O2. The number of hydrogen-bond donors (Lipinski definition) is 1. The van der Waals surface area contributed by atoms with Gasteiger partial charge in [-0.1, -0.05) is 6.07 Å². The first-order valence-corrected chi connectivity index (χ1v) is 11.0. The molecule has 0 bridgehead atoms. The Kier molecular flexibility index (Phi) is 5.41. The summed E-state index contributed by atoms with van der Waals surface area (Å²) in [6.07, 6.45) is 7.58. The van der Waals surface area contributed by atoms with Crippen molar-refractivity contribution in [3.8, 4) is 0 Å². The Labute approximate surface area is 168 Å². The summed E-state index contributed by atoms with van der Waals surface area (Å²) >= 11 is 0. The highest BCUT2D eigenvalue weighted by atomic mass is 16.5. The molecule has 5 heteroatoms. The van der Waals surface area contributed by atoms with Crippen molar-refractivity contribution in [2.75, 3.05) is 13.1 Å². The van der Waals surface area contributed by atoms with E-state index >= 15 is 0 Å².